The Hall–Kier alpha value is -1.69. The number of hydrogen-bond acceptors (Lipinski definition) is 2. The third-order valence-corrected chi connectivity index (χ3v) is 8.49. The van der Waals surface area contributed by atoms with E-state index < -0.39 is 5.60 Å². The molecule has 6 rings (SSSR count). The molecule has 0 radical (unpaired) electrons. The largest absolute Gasteiger partial charge is 1.00 e. The van der Waals surface area contributed by atoms with Gasteiger partial charge < -0.3 is 31.3 Å². The van der Waals surface area contributed by atoms with Crippen LogP contribution in [0.15, 0.2) is 84.9 Å². The zero-order valence-corrected chi connectivity index (χ0v) is 21.8. The molecule has 3 heterocycles. The van der Waals surface area contributed by atoms with E-state index in [4.69, 9.17) is 16.3 Å². The van der Waals surface area contributed by atoms with Crippen LogP contribution in [0.25, 0.3) is 0 Å². The van der Waals surface area contributed by atoms with Crippen LogP contribution in [-0.2, 0) is 16.9 Å². The quantitative estimate of drug-likeness (QED) is 0.350. The average molecular weight is 543 g/mol. The molecular formula is C29H33BrClNO2. The molecule has 3 nitrogen and oxygen atoms in total. The minimum Gasteiger partial charge on any atom is -1.00 e. The molecule has 3 aliphatic rings. The van der Waals surface area contributed by atoms with E-state index in [-0.39, 0.29) is 22.4 Å². The van der Waals surface area contributed by atoms with Crippen LogP contribution in [0, 0.1) is 5.41 Å². The Morgan fingerprint density at radius 2 is 1.29 bits per heavy atom. The molecule has 0 aliphatic carbocycles. The summed E-state index contributed by atoms with van der Waals surface area (Å²) in [6.45, 7) is 5.74. The van der Waals surface area contributed by atoms with E-state index in [2.05, 4.69) is 24.3 Å². The summed E-state index contributed by atoms with van der Waals surface area (Å²) in [6, 6.07) is 28.5. The molecule has 0 amide bonds. The molecule has 3 aliphatic heterocycles. The molecule has 0 spiro atoms. The summed E-state index contributed by atoms with van der Waals surface area (Å²) in [5, 5.41) is 13.2. The van der Waals surface area contributed by atoms with Gasteiger partial charge in [0.2, 0.25) is 0 Å². The van der Waals surface area contributed by atoms with Gasteiger partial charge in [-0.25, -0.2) is 0 Å². The van der Waals surface area contributed by atoms with Crippen molar-refractivity contribution in [3.05, 3.63) is 107 Å². The zero-order chi connectivity index (χ0) is 22.8. The third-order valence-electron chi connectivity index (χ3n) is 8.24. The van der Waals surface area contributed by atoms with E-state index in [1.165, 1.54) is 0 Å². The fourth-order valence-electron chi connectivity index (χ4n) is 6.11. The topological polar surface area (TPSA) is 29.5 Å². The van der Waals surface area contributed by atoms with Gasteiger partial charge in [0.25, 0.3) is 0 Å². The van der Waals surface area contributed by atoms with Crippen LogP contribution in [0.1, 0.15) is 36.0 Å². The minimum absolute atomic E-state index is 0. The molecule has 0 atom stereocenters. The standard InChI is InChI=1S/C29H33ClNO2.BrH/c30-27-13-11-24(12-14-27)23-33-22-21-31-18-15-28(16-19-31,17-20-31)29(32,25-7-3-1-4-8-25)26-9-5-2-6-10-26;/h1-14,32H,15-23H2;1H/q+1;/p-1. The highest BCUT2D eigenvalue weighted by Gasteiger charge is 2.60. The van der Waals surface area contributed by atoms with Gasteiger partial charge in [-0.3, -0.25) is 0 Å². The maximum atomic E-state index is 12.5. The van der Waals surface area contributed by atoms with Crippen molar-refractivity contribution in [1.29, 1.82) is 0 Å². The summed E-state index contributed by atoms with van der Waals surface area (Å²) in [6.07, 6.45) is 3.10. The second-order valence-corrected chi connectivity index (χ2v) is 10.3. The van der Waals surface area contributed by atoms with Crippen molar-refractivity contribution in [2.45, 2.75) is 31.5 Å². The van der Waals surface area contributed by atoms with E-state index in [1.807, 2.05) is 60.7 Å². The molecule has 3 aromatic carbocycles. The molecule has 34 heavy (non-hydrogen) atoms. The van der Waals surface area contributed by atoms with Crippen LogP contribution in [0.4, 0.5) is 0 Å². The third kappa shape index (κ3) is 4.72. The second-order valence-electron chi connectivity index (χ2n) is 9.89. The van der Waals surface area contributed by atoms with Gasteiger partial charge in [-0.2, -0.15) is 0 Å². The first-order valence-corrected chi connectivity index (χ1v) is 12.4. The number of hydrogen-bond donors (Lipinski definition) is 1. The Morgan fingerprint density at radius 1 is 0.794 bits per heavy atom. The molecule has 180 valence electrons. The van der Waals surface area contributed by atoms with Crippen LogP contribution in [-0.4, -0.2) is 42.4 Å². The Bertz CT molecular complexity index is 994. The maximum Gasteiger partial charge on any atom is 0.121 e. The molecular weight excluding hydrogens is 510 g/mol. The first-order chi connectivity index (χ1) is 16.1. The number of aliphatic hydroxyl groups is 1. The normalized spacial score (nSPS) is 23.9. The predicted octanol–water partition coefficient (Wildman–Crippen LogP) is 2.80. The van der Waals surface area contributed by atoms with Gasteiger partial charge in [0.15, 0.2) is 0 Å². The van der Waals surface area contributed by atoms with Gasteiger partial charge in [-0.1, -0.05) is 84.4 Å². The molecule has 1 N–H and O–H groups in total. The molecule has 0 unspecified atom stereocenters. The smallest absolute Gasteiger partial charge is 0.121 e. The van der Waals surface area contributed by atoms with Gasteiger partial charge in [-0.05, 0) is 28.8 Å². The van der Waals surface area contributed by atoms with Crippen molar-refractivity contribution >= 4 is 11.6 Å². The lowest BCUT2D eigenvalue weighted by molar-refractivity contribution is -0.946. The molecule has 0 saturated carbocycles. The maximum absolute atomic E-state index is 12.5. The van der Waals surface area contributed by atoms with Gasteiger partial charge in [0.05, 0.1) is 32.8 Å². The summed E-state index contributed by atoms with van der Waals surface area (Å²) in [5.74, 6) is 0. The highest BCUT2D eigenvalue weighted by atomic mass is 79.9. The second kappa shape index (κ2) is 10.5. The molecule has 5 heteroatoms. The number of benzene rings is 3. The Kier molecular flexibility index (Phi) is 7.85. The van der Waals surface area contributed by atoms with Crippen LogP contribution in [0.2, 0.25) is 5.02 Å². The van der Waals surface area contributed by atoms with E-state index in [1.54, 1.807) is 0 Å². The lowest BCUT2D eigenvalue weighted by Crippen LogP contribution is -3.00. The molecule has 0 aromatic heterocycles. The Balaban J connectivity index is 0.00000274. The highest BCUT2D eigenvalue weighted by molar-refractivity contribution is 6.30. The lowest BCUT2D eigenvalue weighted by Gasteiger charge is -2.60. The summed E-state index contributed by atoms with van der Waals surface area (Å²) >= 11 is 5.98. The molecule has 2 bridgehead atoms. The molecule has 3 aromatic rings. The van der Waals surface area contributed by atoms with Crippen LogP contribution in [0.3, 0.4) is 0 Å². The summed E-state index contributed by atoms with van der Waals surface area (Å²) in [5.41, 5.74) is 2.11. The number of fused-ring (bicyclic) bond motifs is 3. The van der Waals surface area contributed by atoms with E-state index in [0.717, 1.165) is 78.2 Å². The Labute approximate surface area is 218 Å². The number of piperidine rings is 3. The van der Waals surface area contributed by atoms with Crippen molar-refractivity contribution in [1.82, 2.24) is 0 Å². The number of quaternary nitrogens is 1. The fraction of sp³-hybridized carbons (Fsp3) is 0.379. The van der Waals surface area contributed by atoms with Crippen molar-refractivity contribution in [2.24, 2.45) is 5.41 Å². The minimum atomic E-state index is -0.961. The van der Waals surface area contributed by atoms with Gasteiger partial charge >= 0.3 is 0 Å². The summed E-state index contributed by atoms with van der Waals surface area (Å²) < 4.78 is 7.14. The highest BCUT2D eigenvalue weighted by Crippen LogP contribution is 2.57. The SMILES string of the molecule is OC(c1ccccc1)(c1ccccc1)C12CC[N+](CCOCc3ccc(Cl)cc3)(CC1)CC2.[Br-]. The number of halogens is 2. The van der Waals surface area contributed by atoms with E-state index in [0.29, 0.717) is 6.61 Å². The van der Waals surface area contributed by atoms with Crippen molar-refractivity contribution < 1.29 is 31.3 Å². The van der Waals surface area contributed by atoms with Crippen molar-refractivity contribution in [3.63, 3.8) is 0 Å². The Morgan fingerprint density at radius 3 is 1.79 bits per heavy atom. The number of nitrogens with zero attached hydrogens (tertiary/aromatic N) is 1. The van der Waals surface area contributed by atoms with Gasteiger partial charge in [0.1, 0.15) is 12.1 Å². The average Bonchev–Trinajstić information content (AvgIpc) is 2.89. The van der Waals surface area contributed by atoms with Gasteiger partial charge in [-0.15, -0.1) is 0 Å². The number of ether oxygens (including phenoxy) is 1. The molecule has 3 saturated heterocycles. The first-order valence-electron chi connectivity index (χ1n) is 12.1. The monoisotopic (exact) mass is 541 g/mol. The predicted molar refractivity (Wildman–Crippen MR) is 133 cm³/mol. The van der Waals surface area contributed by atoms with Crippen LogP contribution >= 0.6 is 11.6 Å². The lowest BCUT2D eigenvalue weighted by atomic mass is 9.56. The van der Waals surface area contributed by atoms with Gasteiger partial charge in [0, 0.05) is 29.7 Å². The zero-order valence-electron chi connectivity index (χ0n) is 19.5. The van der Waals surface area contributed by atoms with Crippen molar-refractivity contribution in [3.8, 4) is 0 Å². The summed E-state index contributed by atoms with van der Waals surface area (Å²) in [4.78, 5) is 0. The molecule has 3 fully saturated rings. The van der Waals surface area contributed by atoms with E-state index in [9.17, 15) is 5.11 Å². The van der Waals surface area contributed by atoms with Crippen molar-refractivity contribution in [2.75, 3.05) is 32.8 Å². The van der Waals surface area contributed by atoms with Crippen LogP contribution < -0.4 is 17.0 Å². The van der Waals surface area contributed by atoms with Crippen LogP contribution in [0.5, 0.6) is 0 Å². The van der Waals surface area contributed by atoms with E-state index >= 15 is 0 Å². The number of rotatable bonds is 8. The summed E-state index contributed by atoms with van der Waals surface area (Å²) in [7, 11) is 0. The fourth-order valence-corrected chi connectivity index (χ4v) is 6.23. The first kappa shape index (κ1) is 25.4.